The van der Waals surface area contributed by atoms with Crippen molar-refractivity contribution in [2.45, 2.75) is 6.92 Å². The standard InChI is InChI=1S/C11H12O2/c1-2-13-9-11(8-12)10-6-4-3-5-7-10/h3-9H,2H2,1H3/b11-9-. The van der Waals surface area contributed by atoms with Gasteiger partial charge in [0.1, 0.15) is 0 Å². The van der Waals surface area contributed by atoms with Crippen molar-refractivity contribution in [1.29, 1.82) is 0 Å². The molecule has 0 aromatic heterocycles. The molecule has 0 amide bonds. The topological polar surface area (TPSA) is 26.3 Å². The number of aldehydes is 1. The number of allylic oxidation sites excluding steroid dienone is 1. The molecular formula is C11H12O2. The van der Waals surface area contributed by atoms with Crippen molar-refractivity contribution in [3.63, 3.8) is 0 Å². The molecule has 1 aromatic rings. The second-order valence-electron chi connectivity index (χ2n) is 2.51. The zero-order chi connectivity index (χ0) is 9.52. The molecule has 2 heteroatoms. The highest BCUT2D eigenvalue weighted by atomic mass is 16.5. The van der Waals surface area contributed by atoms with E-state index in [2.05, 4.69) is 0 Å². The van der Waals surface area contributed by atoms with Gasteiger partial charge in [-0.25, -0.2) is 0 Å². The molecule has 0 aliphatic heterocycles. The van der Waals surface area contributed by atoms with Gasteiger partial charge < -0.3 is 4.74 Å². The van der Waals surface area contributed by atoms with Crippen molar-refractivity contribution in [3.8, 4) is 0 Å². The minimum Gasteiger partial charge on any atom is -0.501 e. The molecule has 1 rings (SSSR count). The third-order valence-electron chi connectivity index (χ3n) is 1.61. The Morgan fingerprint density at radius 2 is 2.08 bits per heavy atom. The monoisotopic (exact) mass is 176 g/mol. The Kier molecular flexibility index (Phi) is 3.76. The van der Waals surface area contributed by atoms with Gasteiger partial charge in [-0.1, -0.05) is 30.3 Å². The van der Waals surface area contributed by atoms with Crippen LogP contribution < -0.4 is 0 Å². The fourth-order valence-corrected chi connectivity index (χ4v) is 0.968. The Balaban J connectivity index is 2.84. The molecule has 0 saturated carbocycles. The molecule has 0 radical (unpaired) electrons. The average Bonchev–Trinajstić information content (AvgIpc) is 2.21. The van der Waals surface area contributed by atoms with Gasteiger partial charge in [-0.3, -0.25) is 4.79 Å². The van der Waals surface area contributed by atoms with E-state index in [0.717, 1.165) is 11.8 Å². The van der Waals surface area contributed by atoms with Gasteiger partial charge in [-0.2, -0.15) is 0 Å². The minimum absolute atomic E-state index is 0.572. The van der Waals surface area contributed by atoms with Gasteiger partial charge in [-0.05, 0) is 12.5 Å². The number of ether oxygens (including phenoxy) is 1. The van der Waals surface area contributed by atoms with Gasteiger partial charge in [-0.15, -0.1) is 0 Å². The van der Waals surface area contributed by atoms with Crippen LogP contribution in [0.3, 0.4) is 0 Å². The molecule has 0 saturated heterocycles. The first-order valence-electron chi connectivity index (χ1n) is 4.21. The van der Waals surface area contributed by atoms with E-state index in [9.17, 15) is 4.79 Å². The Morgan fingerprint density at radius 3 is 2.62 bits per heavy atom. The van der Waals surface area contributed by atoms with E-state index in [1.807, 2.05) is 37.3 Å². The molecule has 68 valence electrons. The molecule has 0 N–H and O–H groups in total. The Hall–Kier alpha value is -1.57. The molecular weight excluding hydrogens is 164 g/mol. The normalized spacial score (nSPS) is 11.0. The maximum atomic E-state index is 10.7. The van der Waals surface area contributed by atoms with Crippen LogP contribution in [0.2, 0.25) is 0 Å². The average molecular weight is 176 g/mol. The van der Waals surface area contributed by atoms with Crippen LogP contribution in [0.5, 0.6) is 0 Å². The maximum absolute atomic E-state index is 10.7. The smallest absolute Gasteiger partial charge is 0.153 e. The number of rotatable bonds is 4. The Labute approximate surface area is 77.8 Å². The Bertz CT molecular complexity index is 288. The highest BCUT2D eigenvalue weighted by Gasteiger charge is 1.97. The zero-order valence-electron chi connectivity index (χ0n) is 7.57. The van der Waals surface area contributed by atoms with Crippen molar-refractivity contribution >= 4 is 11.9 Å². The van der Waals surface area contributed by atoms with Gasteiger partial charge in [0.05, 0.1) is 18.4 Å². The van der Waals surface area contributed by atoms with E-state index in [1.165, 1.54) is 6.26 Å². The number of hydrogen-bond donors (Lipinski definition) is 0. The quantitative estimate of drug-likeness (QED) is 0.399. The first kappa shape index (κ1) is 9.52. The molecule has 0 fully saturated rings. The largest absolute Gasteiger partial charge is 0.501 e. The van der Waals surface area contributed by atoms with Crippen LogP contribution in [0, 0.1) is 0 Å². The van der Waals surface area contributed by atoms with Crippen molar-refractivity contribution in [2.24, 2.45) is 0 Å². The van der Waals surface area contributed by atoms with Crippen molar-refractivity contribution < 1.29 is 9.53 Å². The summed E-state index contributed by atoms with van der Waals surface area (Å²) in [6.45, 7) is 2.45. The minimum atomic E-state index is 0.572. The van der Waals surface area contributed by atoms with Crippen LogP contribution >= 0.6 is 0 Å². The zero-order valence-corrected chi connectivity index (χ0v) is 7.57. The summed E-state index contributed by atoms with van der Waals surface area (Å²) in [5.41, 5.74) is 1.45. The van der Waals surface area contributed by atoms with Crippen LogP contribution in [-0.2, 0) is 9.53 Å². The van der Waals surface area contributed by atoms with E-state index >= 15 is 0 Å². The lowest BCUT2D eigenvalue weighted by Crippen LogP contribution is -1.87. The predicted octanol–water partition coefficient (Wildman–Crippen LogP) is 2.26. The van der Waals surface area contributed by atoms with E-state index in [-0.39, 0.29) is 0 Å². The molecule has 0 unspecified atom stereocenters. The second kappa shape index (κ2) is 5.14. The van der Waals surface area contributed by atoms with E-state index < -0.39 is 0 Å². The highest BCUT2D eigenvalue weighted by molar-refractivity contribution is 6.06. The lowest BCUT2D eigenvalue weighted by molar-refractivity contribution is -0.103. The number of carbonyl (C=O) groups excluding carboxylic acids is 1. The maximum Gasteiger partial charge on any atom is 0.153 e. The lowest BCUT2D eigenvalue weighted by Gasteiger charge is -1.99. The summed E-state index contributed by atoms with van der Waals surface area (Å²) >= 11 is 0. The molecule has 0 heterocycles. The highest BCUT2D eigenvalue weighted by Crippen LogP contribution is 2.10. The third-order valence-corrected chi connectivity index (χ3v) is 1.61. The number of carbonyl (C=O) groups is 1. The summed E-state index contributed by atoms with van der Waals surface area (Å²) in [5, 5.41) is 0. The van der Waals surface area contributed by atoms with Gasteiger partial charge >= 0.3 is 0 Å². The van der Waals surface area contributed by atoms with Crippen molar-refractivity contribution in [3.05, 3.63) is 42.2 Å². The van der Waals surface area contributed by atoms with Crippen LogP contribution in [0.1, 0.15) is 12.5 Å². The first-order chi connectivity index (χ1) is 6.38. The Morgan fingerprint density at radius 1 is 1.38 bits per heavy atom. The number of benzene rings is 1. The van der Waals surface area contributed by atoms with Gasteiger partial charge in [0, 0.05) is 0 Å². The summed E-state index contributed by atoms with van der Waals surface area (Å²) in [6, 6.07) is 9.43. The molecule has 2 nitrogen and oxygen atoms in total. The van der Waals surface area contributed by atoms with Crippen LogP contribution in [0.15, 0.2) is 36.6 Å². The van der Waals surface area contributed by atoms with Crippen LogP contribution in [0.4, 0.5) is 0 Å². The van der Waals surface area contributed by atoms with Gasteiger partial charge in [0.15, 0.2) is 6.29 Å². The van der Waals surface area contributed by atoms with Crippen LogP contribution in [-0.4, -0.2) is 12.9 Å². The molecule has 0 spiro atoms. The molecule has 0 aliphatic rings. The third kappa shape index (κ3) is 2.75. The molecule has 0 aliphatic carbocycles. The summed E-state index contributed by atoms with van der Waals surface area (Å²) in [4.78, 5) is 10.7. The molecule has 0 bridgehead atoms. The van der Waals surface area contributed by atoms with Crippen molar-refractivity contribution in [1.82, 2.24) is 0 Å². The van der Waals surface area contributed by atoms with E-state index in [4.69, 9.17) is 4.74 Å². The summed E-state index contributed by atoms with van der Waals surface area (Å²) in [7, 11) is 0. The summed E-state index contributed by atoms with van der Waals surface area (Å²) in [5.74, 6) is 0. The van der Waals surface area contributed by atoms with Gasteiger partial charge in [0.25, 0.3) is 0 Å². The second-order valence-corrected chi connectivity index (χ2v) is 2.51. The van der Waals surface area contributed by atoms with E-state index in [0.29, 0.717) is 12.2 Å². The molecule has 1 aromatic carbocycles. The first-order valence-corrected chi connectivity index (χ1v) is 4.21. The number of hydrogen-bond acceptors (Lipinski definition) is 2. The SMILES string of the molecule is CCO/C=C(/C=O)c1ccccc1. The fourth-order valence-electron chi connectivity index (χ4n) is 0.968. The summed E-state index contributed by atoms with van der Waals surface area (Å²) < 4.78 is 5.05. The van der Waals surface area contributed by atoms with Crippen molar-refractivity contribution in [2.75, 3.05) is 6.61 Å². The summed E-state index contributed by atoms with van der Waals surface area (Å²) in [6.07, 6.45) is 2.29. The van der Waals surface area contributed by atoms with Gasteiger partial charge in [0.2, 0.25) is 0 Å². The fraction of sp³-hybridized carbons (Fsp3) is 0.182. The molecule has 0 atom stereocenters. The lowest BCUT2D eigenvalue weighted by atomic mass is 10.1. The molecule has 13 heavy (non-hydrogen) atoms. The van der Waals surface area contributed by atoms with Crippen LogP contribution in [0.25, 0.3) is 5.57 Å². The predicted molar refractivity (Wildman–Crippen MR) is 52.1 cm³/mol. The van der Waals surface area contributed by atoms with E-state index in [1.54, 1.807) is 0 Å².